The van der Waals surface area contributed by atoms with Gasteiger partial charge in [-0.2, -0.15) is 0 Å². The molecule has 0 spiro atoms. The molecule has 0 aliphatic heterocycles. The molecule has 5 nitrogen and oxygen atoms in total. The molecule has 0 aliphatic carbocycles. The van der Waals surface area contributed by atoms with Gasteiger partial charge in [-0.25, -0.2) is 0 Å². The van der Waals surface area contributed by atoms with Gasteiger partial charge in [-0.05, 0) is 61.9 Å². The number of aryl methyl sites for hydroxylation is 1. The van der Waals surface area contributed by atoms with Crippen molar-refractivity contribution in [2.24, 2.45) is 0 Å². The van der Waals surface area contributed by atoms with Crippen molar-refractivity contribution in [2.75, 3.05) is 26.3 Å². The van der Waals surface area contributed by atoms with E-state index < -0.39 is 6.10 Å². The molecule has 0 aliphatic rings. The normalized spacial score (nSPS) is 12.2. The lowest BCUT2D eigenvalue weighted by Crippen LogP contribution is -2.22. The molecule has 2 rings (SSSR count). The van der Waals surface area contributed by atoms with Gasteiger partial charge < -0.3 is 25.4 Å². The number of phenols is 2. The largest absolute Gasteiger partial charge is 0.508 e. The van der Waals surface area contributed by atoms with Crippen LogP contribution in [0.2, 0.25) is 0 Å². The maximum Gasteiger partial charge on any atom is 0.119 e. The number of aromatic hydroxyl groups is 2. The third-order valence-corrected chi connectivity index (χ3v) is 4.89. The summed E-state index contributed by atoms with van der Waals surface area (Å²) in [7, 11) is 0. The highest BCUT2D eigenvalue weighted by molar-refractivity contribution is 5.37. The molecule has 0 bridgehead atoms. The average Bonchev–Trinajstić information content (AvgIpc) is 2.71. The summed E-state index contributed by atoms with van der Waals surface area (Å²) < 4.78 is 5.71. The second kappa shape index (κ2) is 14.0. The molecule has 0 saturated carbocycles. The van der Waals surface area contributed by atoms with Gasteiger partial charge in [-0.3, -0.25) is 0 Å². The standard InChI is InChI=1S/C24H35NO4/c26-22-16-21(17-23(27)18-22)24(28)19-25-13-7-1-2-8-14-29-15-9-6-12-20-10-4-3-5-11-20/h3-5,10-11,16-18,24-28H,1-2,6-9,12-15,19H2. The Balaban J connectivity index is 1.37. The predicted molar refractivity (Wildman–Crippen MR) is 116 cm³/mol. The summed E-state index contributed by atoms with van der Waals surface area (Å²) in [6, 6.07) is 14.8. The molecule has 0 saturated heterocycles. The minimum absolute atomic E-state index is 0.0440. The zero-order valence-corrected chi connectivity index (χ0v) is 17.2. The minimum Gasteiger partial charge on any atom is -0.508 e. The van der Waals surface area contributed by atoms with Gasteiger partial charge in [-0.15, -0.1) is 0 Å². The molecule has 0 fully saturated rings. The van der Waals surface area contributed by atoms with Crippen molar-refractivity contribution in [1.82, 2.24) is 5.32 Å². The number of phenolic OH excluding ortho intramolecular Hbond substituents is 2. The number of benzene rings is 2. The Morgan fingerprint density at radius 3 is 2.17 bits per heavy atom. The van der Waals surface area contributed by atoms with E-state index in [-0.39, 0.29) is 11.5 Å². The first kappa shape index (κ1) is 23.2. The molecule has 1 unspecified atom stereocenters. The number of unbranched alkanes of at least 4 members (excludes halogenated alkanes) is 4. The molecule has 1 atom stereocenters. The van der Waals surface area contributed by atoms with Crippen LogP contribution < -0.4 is 5.32 Å². The summed E-state index contributed by atoms with van der Waals surface area (Å²) in [4.78, 5) is 0. The van der Waals surface area contributed by atoms with E-state index in [9.17, 15) is 15.3 Å². The maximum atomic E-state index is 10.1. The minimum atomic E-state index is -0.747. The van der Waals surface area contributed by atoms with Crippen LogP contribution in [0.25, 0.3) is 0 Å². The zero-order chi connectivity index (χ0) is 20.7. The summed E-state index contributed by atoms with van der Waals surface area (Å²) in [6.07, 6.45) is 7.07. The van der Waals surface area contributed by atoms with Gasteiger partial charge in [0.05, 0.1) is 6.10 Å². The predicted octanol–water partition coefficient (Wildman–Crippen LogP) is 4.32. The summed E-state index contributed by atoms with van der Waals surface area (Å²) >= 11 is 0. The van der Waals surface area contributed by atoms with Crippen molar-refractivity contribution in [3.63, 3.8) is 0 Å². The molecule has 0 radical (unpaired) electrons. The molecular formula is C24H35NO4. The highest BCUT2D eigenvalue weighted by Gasteiger charge is 2.09. The highest BCUT2D eigenvalue weighted by Crippen LogP contribution is 2.24. The van der Waals surface area contributed by atoms with E-state index in [0.717, 1.165) is 58.3 Å². The molecule has 2 aromatic rings. The van der Waals surface area contributed by atoms with Gasteiger partial charge in [0.2, 0.25) is 0 Å². The Kier molecular flexibility index (Phi) is 11.2. The smallest absolute Gasteiger partial charge is 0.119 e. The van der Waals surface area contributed by atoms with Crippen molar-refractivity contribution in [1.29, 1.82) is 0 Å². The first-order valence-corrected chi connectivity index (χ1v) is 10.7. The third kappa shape index (κ3) is 10.3. The first-order chi connectivity index (χ1) is 14.1. The summed E-state index contributed by atoms with van der Waals surface area (Å²) in [5.74, 6) is -0.0880. The fourth-order valence-corrected chi connectivity index (χ4v) is 3.25. The summed E-state index contributed by atoms with van der Waals surface area (Å²) in [5.41, 5.74) is 1.91. The number of nitrogens with one attached hydrogen (secondary N) is 1. The van der Waals surface area contributed by atoms with Crippen molar-refractivity contribution in [3.05, 3.63) is 59.7 Å². The topological polar surface area (TPSA) is 82.0 Å². The molecule has 2 aromatic carbocycles. The van der Waals surface area contributed by atoms with E-state index in [2.05, 4.69) is 35.6 Å². The van der Waals surface area contributed by atoms with Crippen LogP contribution in [0, 0.1) is 0 Å². The van der Waals surface area contributed by atoms with Gasteiger partial charge in [0.25, 0.3) is 0 Å². The van der Waals surface area contributed by atoms with Crippen LogP contribution in [0.15, 0.2) is 48.5 Å². The molecule has 0 amide bonds. The van der Waals surface area contributed by atoms with Gasteiger partial charge in [-0.1, -0.05) is 43.2 Å². The average molecular weight is 402 g/mol. The molecule has 0 aromatic heterocycles. The fourth-order valence-electron chi connectivity index (χ4n) is 3.25. The Bertz CT molecular complexity index is 658. The van der Waals surface area contributed by atoms with E-state index in [1.165, 1.54) is 30.2 Å². The summed E-state index contributed by atoms with van der Waals surface area (Å²) in [5, 5.41) is 32.2. The van der Waals surface area contributed by atoms with E-state index >= 15 is 0 Å². The molecule has 29 heavy (non-hydrogen) atoms. The molecule has 4 N–H and O–H groups in total. The van der Waals surface area contributed by atoms with Crippen molar-refractivity contribution >= 4 is 0 Å². The zero-order valence-electron chi connectivity index (χ0n) is 17.2. The number of hydrogen-bond acceptors (Lipinski definition) is 5. The second-order valence-corrected chi connectivity index (χ2v) is 7.47. The quantitative estimate of drug-likeness (QED) is 0.334. The number of aliphatic hydroxyl groups is 1. The Labute approximate surface area is 174 Å². The first-order valence-electron chi connectivity index (χ1n) is 10.7. The maximum absolute atomic E-state index is 10.1. The number of ether oxygens (including phenoxy) is 1. The lowest BCUT2D eigenvalue weighted by molar-refractivity contribution is 0.126. The lowest BCUT2D eigenvalue weighted by Gasteiger charge is -2.13. The van der Waals surface area contributed by atoms with Gasteiger partial charge in [0.1, 0.15) is 11.5 Å². The third-order valence-electron chi connectivity index (χ3n) is 4.89. The van der Waals surface area contributed by atoms with Crippen molar-refractivity contribution in [2.45, 2.75) is 51.0 Å². The van der Waals surface area contributed by atoms with Crippen LogP contribution in [0.3, 0.4) is 0 Å². The van der Waals surface area contributed by atoms with Gasteiger partial charge in [0, 0.05) is 25.8 Å². The number of aliphatic hydroxyl groups excluding tert-OH is 1. The molecular weight excluding hydrogens is 366 g/mol. The van der Waals surface area contributed by atoms with Gasteiger partial charge in [0.15, 0.2) is 0 Å². The van der Waals surface area contributed by atoms with Gasteiger partial charge >= 0.3 is 0 Å². The Morgan fingerprint density at radius 1 is 0.793 bits per heavy atom. The van der Waals surface area contributed by atoms with Crippen molar-refractivity contribution < 1.29 is 20.1 Å². The Hall–Kier alpha value is -2.08. The SMILES string of the molecule is Oc1cc(O)cc(C(O)CNCCCCCCOCCCCc2ccccc2)c1. The summed E-state index contributed by atoms with van der Waals surface area (Å²) in [6.45, 7) is 2.91. The van der Waals surface area contributed by atoms with Crippen LogP contribution in [0.1, 0.15) is 55.8 Å². The van der Waals surface area contributed by atoms with Crippen LogP contribution in [0.5, 0.6) is 11.5 Å². The van der Waals surface area contributed by atoms with Crippen LogP contribution in [-0.2, 0) is 11.2 Å². The van der Waals surface area contributed by atoms with E-state index in [1.54, 1.807) is 0 Å². The molecule has 5 heteroatoms. The fraction of sp³-hybridized carbons (Fsp3) is 0.500. The number of hydrogen-bond donors (Lipinski definition) is 4. The van der Waals surface area contributed by atoms with Crippen LogP contribution in [0.4, 0.5) is 0 Å². The second-order valence-electron chi connectivity index (χ2n) is 7.47. The van der Waals surface area contributed by atoms with E-state index in [4.69, 9.17) is 4.74 Å². The Morgan fingerprint density at radius 2 is 1.45 bits per heavy atom. The lowest BCUT2D eigenvalue weighted by atomic mass is 10.1. The van der Waals surface area contributed by atoms with E-state index in [1.807, 2.05) is 0 Å². The molecule has 160 valence electrons. The number of rotatable bonds is 15. The van der Waals surface area contributed by atoms with Crippen LogP contribution >= 0.6 is 0 Å². The highest BCUT2D eigenvalue weighted by atomic mass is 16.5. The monoisotopic (exact) mass is 401 g/mol. The van der Waals surface area contributed by atoms with Crippen molar-refractivity contribution in [3.8, 4) is 11.5 Å². The van der Waals surface area contributed by atoms with Crippen LogP contribution in [-0.4, -0.2) is 41.6 Å². The van der Waals surface area contributed by atoms with E-state index in [0.29, 0.717) is 12.1 Å². The molecule has 0 heterocycles.